The largest absolute Gasteiger partial charge is 0.493 e. The summed E-state index contributed by atoms with van der Waals surface area (Å²) >= 11 is 0. The molecule has 3 aromatic carbocycles. The topological polar surface area (TPSA) is 55.6 Å². The van der Waals surface area contributed by atoms with E-state index in [1.807, 2.05) is 48.5 Å². The predicted molar refractivity (Wildman–Crippen MR) is 111 cm³/mol. The Morgan fingerprint density at radius 3 is 2.59 bits per heavy atom. The molecule has 29 heavy (non-hydrogen) atoms. The molecule has 0 spiro atoms. The van der Waals surface area contributed by atoms with Gasteiger partial charge in [-0.25, -0.2) is 4.39 Å². The van der Waals surface area contributed by atoms with Crippen LogP contribution in [0.3, 0.4) is 0 Å². The molecular formula is C24H23FN2O2. The van der Waals surface area contributed by atoms with E-state index in [2.05, 4.69) is 0 Å². The molecular weight excluding hydrogens is 367 g/mol. The maximum absolute atomic E-state index is 13.3. The number of nitrogens with zero attached hydrogens (tertiary/aromatic N) is 1. The van der Waals surface area contributed by atoms with Crippen LogP contribution in [0.25, 0.3) is 0 Å². The van der Waals surface area contributed by atoms with Crippen LogP contribution in [0.4, 0.5) is 10.1 Å². The fourth-order valence-corrected chi connectivity index (χ4v) is 3.57. The standard InChI is InChI=1S/C24H23FN2O2/c25-20-8-6-17(7-9-20)12-14-27(21-10-11-22-19(16-21)13-15-29-22)24(28)23(26)18-4-2-1-3-5-18/h1-11,16,23H,12-15,26H2. The molecule has 1 amide bonds. The number of nitrogens with two attached hydrogens (primary N) is 1. The average Bonchev–Trinajstić information content (AvgIpc) is 3.23. The van der Waals surface area contributed by atoms with Gasteiger partial charge in [0.05, 0.1) is 6.61 Å². The minimum absolute atomic E-state index is 0.169. The average molecular weight is 390 g/mol. The van der Waals surface area contributed by atoms with E-state index in [0.717, 1.165) is 34.5 Å². The number of hydrogen-bond donors (Lipinski definition) is 1. The third kappa shape index (κ3) is 4.30. The molecule has 1 unspecified atom stereocenters. The van der Waals surface area contributed by atoms with Crippen LogP contribution in [0.15, 0.2) is 72.8 Å². The second-order valence-corrected chi connectivity index (χ2v) is 7.15. The molecule has 0 aliphatic carbocycles. The maximum Gasteiger partial charge on any atom is 0.248 e. The van der Waals surface area contributed by atoms with E-state index in [-0.39, 0.29) is 11.7 Å². The molecule has 148 valence electrons. The van der Waals surface area contributed by atoms with Gasteiger partial charge in [0.15, 0.2) is 0 Å². The lowest BCUT2D eigenvalue weighted by atomic mass is 10.0. The minimum Gasteiger partial charge on any atom is -0.493 e. The molecule has 1 aliphatic rings. The van der Waals surface area contributed by atoms with E-state index in [0.29, 0.717) is 19.6 Å². The molecule has 0 radical (unpaired) electrons. The molecule has 0 aromatic heterocycles. The minimum atomic E-state index is -0.756. The first-order valence-electron chi connectivity index (χ1n) is 9.74. The summed E-state index contributed by atoms with van der Waals surface area (Å²) in [5.41, 5.74) is 9.94. The van der Waals surface area contributed by atoms with E-state index in [1.54, 1.807) is 17.0 Å². The first kappa shape index (κ1) is 19.2. The van der Waals surface area contributed by atoms with Crippen LogP contribution in [-0.2, 0) is 17.6 Å². The smallest absolute Gasteiger partial charge is 0.248 e. The number of carbonyl (C=O) groups is 1. The van der Waals surface area contributed by atoms with Gasteiger partial charge in [-0.05, 0) is 53.4 Å². The van der Waals surface area contributed by atoms with Crippen LogP contribution < -0.4 is 15.4 Å². The summed E-state index contributed by atoms with van der Waals surface area (Å²) in [5, 5.41) is 0. The van der Waals surface area contributed by atoms with Crippen molar-refractivity contribution in [1.82, 2.24) is 0 Å². The summed E-state index contributed by atoms with van der Waals surface area (Å²) in [4.78, 5) is 15.1. The van der Waals surface area contributed by atoms with Crippen molar-refractivity contribution in [3.8, 4) is 5.75 Å². The van der Waals surface area contributed by atoms with Gasteiger partial charge in [0, 0.05) is 18.7 Å². The van der Waals surface area contributed by atoms with Crippen LogP contribution in [0.5, 0.6) is 5.75 Å². The number of fused-ring (bicyclic) bond motifs is 1. The van der Waals surface area contributed by atoms with Crippen molar-refractivity contribution in [1.29, 1.82) is 0 Å². The van der Waals surface area contributed by atoms with Crippen LogP contribution in [-0.4, -0.2) is 19.1 Å². The van der Waals surface area contributed by atoms with Gasteiger partial charge in [-0.2, -0.15) is 0 Å². The number of hydrogen-bond acceptors (Lipinski definition) is 3. The molecule has 2 N–H and O–H groups in total. The Kier molecular flexibility index (Phi) is 5.58. The number of amides is 1. The van der Waals surface area contributed by atoms with Crippen molar-refractivity contribution in [2.24, 2.45) is 5.73 Å². The molecule has 4 nitrogen and oxygen atoms in total. The third-order valence-electron chi connectivity index (χ3n) is 5.21. The van der Waals surface area contributed by atoms with Gasteiger partial charge in [-0.1, -0.05) is 42.5 Å². The Morgan fingerprint density at radius 1 is 1.07 bits per heavy atom. The van der Waals surface area contributed by atoms with E-state index >= 15 is 0 Å². The Bertz CT molecular complexity index is 990. The first-order chi connectivity index (χ1) is 14.1. The summed E-state index contributed by atoms with van der Waals surface area (Å²) in [6.07, 6.45) is 1.43. The summed E-state index contributed by atoms with van der Waals surface area (Å²) in [5.74, 6) is 0.427. The SMILES string of the molecule is NC(C(=O)N(CCc1ccc(F)cc1)c1ccc2c(c1)CCO2)c1ccccc1. The van der Waals surface area contributed by atoms with Gasteiger partial charge in [-0.15, -0.1) is 0 Å². The number of halogens is 1. The van der Waals surface area contributed by atoms with Gasteiger partial charge in [0.1, 0.15) is 17.6 Å². The quantitative estimate of drug-likeness (QED) is 0.691. The summed E-state index contributed by atoms with van der Waals surface area (Å²) in [6, 6.07) is 20.8. The van der Waals surface area contributed by atoms with E-state index in [4.69, 9.17) is 10.5 Å². The highest BCUT2D eigenvalue weighted by atomic mass is 19.1. The van der Waals surface area contributed by atoms with E-state index in [1.165, 1.54) is 12.1 Å². The first-order valence-corrected chi connectivity index (χ1v) is 9.74. The van der Waals surface area contributed by atoms with Gasteiger partial charge in [0.25, 0.3) is 0 Å². The molecule has 0 fully saturated rings. The molecule has 1 atom stereocenters. The van der Waals surface area contributed by atoms with Gasteiger partial charge in [-0.3, -0.25) is 4.79 Å². The molecule has 0 bridgehead atoms. The Hall–Kier alpha value is -3.18. The normalized spacial score (nSPS) is 13.4. The zero-order valence-corrected chi connectivity index (χ0v) is 16.1. The monoisotopic (exact) mass is 390 g/mol. The second-order valence-electron chi connectivity index (χ2n) is 7.15. The van der Waals surface area contributed by atoms with Crippen LogP contribution >= 0.6 is 0 Å². The lowest BCUT2D eigenvalue weighted by Gasteiger charge is -2.26. The van der Waals surface area contributed by atoms with E-state index < -0.39 is 6.04 Å². The van der Waals surface area contributed by atoms with Crippen molar-refractivity contribution >= 4 is 11.6 Å². The second kappa shape index (κ2) is 8.45. The molecule has 0 saturated heterocycles. The number of benzene rings is 3. The maximum atomic E-state index is 13.3. The summed E-state index contributed by atoms with van der Waals surface area (Å²) in [6.45, 7) is 1.11. The van der Waals surface area contributed by atoms with Crippen molar-refractivity contribution in [3.63, 3.8) is 0 Å². The number of ether oxygens (including phenoxy) is 1. The van der Waals surface area contributed by atoms with Crippen LogP contribution in [0, 0.1) is 5.82 Å². The number of carbonyl (C=O) groups excluding carboxylic acids is 1. The summed E-state index contributed by atoms with van der Waals surface area (Å²) < 4.78 is 18.8. The van der Waals surface area contributed by atoms with Crippen LogP contribution in [0.2, 0.25) is 0 Å². The fraction of sp³-hybridized carbons (Fsp3) is 0.208. The lowest BCUT2D eigenvalue weighted by Crippen LogP contribution is -2.40. The predicted octanol–water partition coefficient (Wildman–Crippen LogP) is 4.04. The molecule has 1 aliphatic heterocycles. The Morgan fingerprint density at radius 2 is 1.83 bits per heavy atom. The van der Waals surface area contributed by atoms with Crippen molar-refractivity contribution in [2.75, 3.05) is 18.1 Å². The zero-order valence-electron chi connectivity index (χ0n) is 16.1. The fourth-order valence-electron chi connectivity index (χ4n) is 3.57. The van der Waals surface area contributed by atoms with Crippen molar-refractivity contribution in [2.45, 2.75) is 18.9 Å². The molecule has 0 saturated carbocycles. The number of anilines is 1. The van der Waals surface area contributed by atoms with Gasteiger partial charge < -0.3 is 15.4 Å². The third-order valence-corrected chi connectivity index (χ3v) is 5.21. The number of rotatable bonds is 6. The van der Waals surface area contributed by atoms with Crippen molar-refractivity contribution in [3.05, 3.63) is 95.3 Å². The highest BCUT2D eigenvalue weighted by Crippen LogP contribution is 2.30. The molecule has 4 rings (SSSR count). The Balaban J connectivity index is 1.61. The van der Waals surface area contributed by atoms with E-state index in [9.17, 15) is 9.18 Å². The van der Waals surface area contributed by atoms with Gasteiger partial charge in [0.2, 0.25) is 5.91 Å². The highest BCUT2D eigenvalue weighted by Gasteiger charge is 2.25. The van der Waals surface area contributed by atoms with Crippen molar-refractivity contribution < 1.29 is 13.9 Å². The Labute approximate surface area is 169 Å². The van der Waals surface area contributed by atoms with Gasteiger partial charge >= 0.3 is 0 Å². The zero-order chi connectivity index (χ0) is 20.2. The molecule has 5 heteroatoms. The summed E-state index contributed by atoms with van der Waals surface area (Å²) in [7, 11) is 0. The lowest BCUT2D eigenvalue weighted by molar-refractivity contribution is -0.120. The molecule has 1 heterocycles. The highest BCUT2D eigenvalue weighted by molar-refractivity contribution is 5.97. The van der Waals surface area contributed by atoms with Crippen LogP contribution in [0.1, 0.15) is 22.7 Å². The molecule has 3 aromatic rings.